The molecule has 0 saturated carbocycles. The molecule has 1 aromatic rings. The third kappa shape index (κ3) is 3.38. The molecule has 0 aromatic heterocycles. The third-order valence-electron chi connectivity index (χ3n) is 2.34. The summed E-state index contributed by atoms with van der Waals surface area (Å²) in [6, 6.07) is 6.82. The fourth-order valence-corrected chi connectivity index (χ4v) is 1.55. The van der Waals surface area contributed by atoms with E-state index in [0.29, 0.717) is 23.5 Å². The average molecular weight is 232 g/mol. The quantitative estimate of drug-likeness (QED) is 0.762. The highest BCUT2D eigenvalue weighted by Gasteiger charge is 2.14. The number of hydrogen-bond donors (Lipinski definition) is 2. The van der Waals surface area contributed by atoms with Gasteiger partial charge in [0.2, 0.25) is 0 Å². The molecule has 0 aliphatic rings. The Kier molecular flexibility index (Phi) is 3.94. The Hall–Kier alpha value is -2.22. The number of nitriles is 1. The summed E-state index contributed by atoms with van der Waals surface area (Å²) >= 11 is 0. The Bertz CT molecular complexity index is 444. The summed E-state index contributed by atoms with van der Waals surface area (Å²) in [5.41, 5.74) is 12.6. The van der Waals surface area contributed by atoms with Crippen LogP contribution in [0, 0.1) is 17.2 Å². The van der Waals surface area contributed by atoms with Crippen LogP contribution < -0.4 is 11.5 Å². The van der Waals surface area contributed by atoms with Gasteiger partial charge in [-0.2, -0.15) is 5.26 Å². The molecule has 1 unspecified atom stereocenters. The molecule has 0 fully saturated rings. The number of benzene rings is 1. The van der Waals surface area contributed by atoms with Crippen LogP contribution >= 0.6 is 0 Å². The normalized spacial score (nSPS) is 11.6. The first kappa shape index (κ1) is 12.8. The van der Waals surface area contributed by atoms with Crippen LogP contribution in [-0.4, -0.2) is 24.4 Å². The summed E-state index contributed by atoms with van der Waals surface area (Å²) in [5.74, 6) is -0.395. The standard InChI is InChI=1S/C12H16N4O/c1-8(6-13)7-16(2)12(17)9-3-10(14)5-11(15)4-9/h3-5,8H,7,14-15H2,1-2H3. The summed E-state index contributed by atoms with van der Waals surface area (Å²) < 4.78 is 0. The zero-order chi connectivity index (χ0) is 13.0. The molecule has 0 radical (unpaired) electrons. The zero-order valence-corrected chi connectivity index (χ0v) is 9.97. The van der Waals surface area contributed by atoms with Crippen molar-refractivity contribution in [3.63, 3.8) is 0 Å². The van der Waals surface area contributed by atoms with E-state index in [-0.39, 0.29) is 11.8 Å². The number of amides is 1. The highest BCUT2D eigenvalue weighted by molar-refractivity contribution is 5.96. The topological polar surface area (TPSA) is 96.1 Å². The van der Waals surface area contributed by atoms with Gasteiger partial charge in [-0.05, 0) is 25.1 Å². The SMILES string of the molecule is CC(C#N)CN(C)C(=O)c1cc(N)cc(N)c1. The second kappa shape index (κ2) is 5.21. The van der Waals surface area contributed by atoms with Gasteiger partial charge in [0.05, 0.1) is 12.0 Å². The molecular formula is C12H16N4O. The first-order chi connectivity index (χ1) is 7.93. The van der Waals surface area contributed by atoms with Crippen molar-refractivity contribution in [1.29, 1.82) is 5.26 Å². The summed E-state index contributed by atoms with van der Waals surface area (Å²) in [6.45, 7) is 2.14. The van der Waals surface area contributed by atoms with E-state index in [2.05, 4.69) is 6.07 Å². The molecule has 0 heterocycles. The van der Waals surface area contributed by atoms with E-state index in [1.165, 1.54) is 4.90 Å². The van der Waals surface area contributed by atoms with E-state index < -0.39 is 0 Å². The molecule has 1 rings (SSSR count). The lowest BCUT2D eigenvalue weighted by Gasteiger charge is -2.18. The molecule has 4 N–H and O–H groups in total. The van der Waals surface area contributed by atoms with Gasteiger partial charge in [-0.15, -0.1) is 0 Å². The second-order valence-electron chi connectivity index (χ2n) is 4.10. The Labute approximate surface area is 101 Å². The van der Waals surface area contributed by atoms with E-state index in [1.54, 1.807) is 32.2 Å². The highest BCUT2D eigenvalue weighted by Crippen LogP contribution is 2.15. The first-order valence-electron chi connectivity index (χ1n) is 5.25. The van der Waals surface area contributed by atoms with Crippen molar-refractivity contribution in [3.05, 3.63) is 23.8 Å². The van der Waals surface area contributed by atoms with Crippen molar-refractivity contribution in [2.75, 3.05) is 25.1 Å². The van der Waals surface area contributed by atoms with Crippen LogP contribution in [0.2, 0.25) is 0 Å². The molecule has 0 saturated heterocycles. The molecule has 5 nitrogen and oxygen atoms in total. The van der Waals surface area contributed by atoms with Crippen LogP contribution in [0.15, 0.2) is 18.2 Å². The number of nitrogens with zero attached hydrogens (tertiary/aromatic N) is 2. The lowest BCUT2D eigenvalue weighted by atomic mass is 10.1. The number of rotatable bonds is 3. The molecule has 5 heteroatoms. The molecule has 90 valence electrons. The van der Waals surface area contributed by atoms with Gasteiger partial charge in [0.15, 0.2) is 0 Å². The van der Waals surface area contributed by atoms with Crippen LogP contribution in [0.3, 0.4) is 0 Å². The minimum Gasteiger partial charge on any atom is -0.399 e. The average Bonchev–Trinajstić information content (AvgIpc) is 2.26. The summed E-state index contributed by atoms with van der Waals surface area (Å²) in [4.78, 5) is 13.5. The Morgan fingerprint density at radius 2 is 1.94 bits per heavy atom. The molecule has 17 heavy (non-hydrogen) atoms. The number of anilines is 2. The van der Waals surface area contributed by atoms with Gasteiger partial charge in [-0.3, -0.25) is 4.79 Å². The van der Waals surface area contributed by atoms with Crippen LogP contribution in [0.1, 0.15) is 17.3 Å². The number of nitrogens with two attached hydrogens (primary N) is 2. The van der Waals surface area contributed by atoms with Gasteiger partial charge in [0.25, 0.3) is 5.91 Å². The minimum absolute atomic E-state index is 0.189. The molecular weight excluding hydrogens is 216 g/mol. The molecule has 0 aliphatic carbocycles. The largest absolute Gasteiger partial charge is 0.399 e. The fourth-order valence-electron chi connectivity index (χ4n) is 1.55. The van der Waals surface area contributed by atoms with E-state index in [9.17, 15) is 4.79 Å². The predicted octanol–water partition coefficient (Wildman–Crippen LogP) is 1.08. The number of carbonyl (C=O) groups excluding carboxylic acids is 1. The summed E-state index contributed by atoms with van der Waals surface area (Å²) in [6.07, 6.45) is 0. The lowest BCUT2D eigenvalue weighted by molar-refractivity contribution is 0.0785. The molecule has 0 aliphatic heterocycles. The van der Waals surface area contributed by atoms with Crippen LogP contribution in [-0.2, 0) is 0 Å². The van der Waals surface area contributed by atoms with Crippen LogP contribution in [0.4, 0.5) is 11.4 Å². The second-order valence-corrected chi connectivity index (χ2v) is 4.10. The summed E-state index contributed by atoms with van der Waals surface area (Å²) in [7, 11) is 1.65. The van der Waals surface area contributed by atoms with E-state index in [1.807, 2.05) is 0 Å². The van der Waals surface area contributed by atoms with Crippen LogP contribution in [0.25, 0.3) is 0 Å². The van der Waals surface area contributed by atoms with E-state index >= 15 is 0 Å². The number of hydrogen-bond acceptors (Lipinski definition) is 4. The smallest absolute Gasteiger partial charge is 0.253 e. The number of carbonyl (C=O) groups is 1. The Morgan fingerprint density at radius 1 is 1.41 bits per heavy atom. The Balaban J connectivity index is 2.86. The highest BCUT2D eigenvalue weighted by atomic mass is 16.2. The molecule has 1 amide bonds. The van der Waals surface area contributed by atoms with Gasteiger partial charge in [0.1, 0.15) is 0 Å². The maximum absolute atomic E-state index is 12.0. The fraction of sp³-hybridized carbons (Fsp3) is 0.333. The van der Waals surface area contributed by atoms with E-state index in [0.717, 1.165) is 0 Å². The maximum Gasteiger partial charge on any atom is 0.253 e. The zero-order valence-electron chi connectivity index (χ0n) is 9.97. The molecule has 1 atom stereocenters. The van der Waals surface area contributed by atoms with Crippen molar-refractivity contribution >= 4 is 17.3 Å². The predicted molar refractivity (Wildman–Crippen MR) is 67.0 cm³/mol. The van der Waals surface area contributed by atoms with Gasteiger partial charge in [-0.25, -0.2) is 0 Å². The van der Waals surface area contributed by atoms with Gasteiger partial charge in [-0.1, -0.05) is 0 Å². The summed E-state index contributed by atoms with van der Waals surface area (Å²) in [5, 5.41) is 8.70. The lowest BCUT2D eigenvalue weighted by Crippen LogP contribution is -2.30. The van der Waals surface area contributed by atoms with Crippen LogP contribution in [0.5, 0.6) is 0 Å². The minimum atomic E-state index is -0.206. The van der Waals surface area contributed by atoms with Gasteiger partial charge < -0.3 is 16.4 Å². The van der Waals surface area contributed by atoms with Gasteiger partial charge >= 0.3 is 0 Å². The Morgan fingerprint density at radius 3 is 2.41 bits per heavy atom. The van der Waals surface area contributed by atoms with Crippen molar-refractivity contribution in [3.8, 4) is 6.07 Å². The van der Waals surface area contributed by atoms with E-state index in [4.69, 9.17) is 16.7 Å². The molecule has 1 aromatic carbocycles. The monoisotopic (exact) mass is 232 g/mol. The third-order valence-corrected chi connectivity index (χ3v) is 2.34. The van der Waals surface area contributed by atoms with Crippen molar-refractivity contribution in [2.24, 2.45) is 5.92 Å². The molecule has 0 spiro atoms. The number of nitrogen functional groups attached to an aromatic ring is 2. The van der Waals surface area contributed by atoms with Crippen molar-refractivity contribution in [1.82, 2.24) is 4.90 Å². The molecule has 0 bridgehead atoms. The maximum atomic E-state index is 12.0. The van der Waals surface area contributed by atoms with Crippen molar-refractivity contribution in [2.45, 2.75) is 6.92 Å². The van der Waals surface area contributed by atoms with Gasteiger partial charge in [0, 0.05) is 30.5 Å². The first-order valence-corrected chi connectivity index (χ1v) is 5.25. The van der Waals surface area contributed by atoms with Crippen molar-refractivity contribution < 1.29 is 4.79 Å².